The summed E-state index contributed by atoms with van der Waals surface area (Å²) in [7, 11) is -0.745. The Kier molecular flexibility index (Phi) is 6.35. The van der Waals surface area contributed by atoms with Crippen LogP contribution in [0.25, 0.3) is 0 Å². The maximum atomic E-state index is 12.3. The van der Waals surface area contributed by atoms with Crippen LogP contribution in [-0.2, 0) is 4.79 Å². The van der Waals surface area contributed by atoms with Crippen molar-refractivity contribution >= 4 is 35.4 Å². The highest BCUT2D eigenvalue weighted by Gasteiger charge is 2.19. The van der Waals surface area contributed by atoms with Gasteiger partial charge >= 0.3 is 0 Å². The van der Waals surface area contributed by atoms with Crippen molar-refractivity contribution in [2.24, 2.45) is 0 Å². The molecule has 0 heterocycles. The minimum atomic E-state index is -0.745. The number of benzene rings is 3. The van der Waals surface area contributed by atoms with Crippen LogP contribution >= 0.6 is 7.92 Å². The van der Waals surface area contributed by atoms with Gasteiger partial charge in [-0.15, -0.1) is 6.58 Å². The quantitative estimate of drug-likeness (QED) is 0.493. The zero-order valence-electron chi connectivity index (χ0n) is 14.6. The van der Waals surface area contributed by atoms with Gasteiger partial charge in [-0.1, -0.05) is 84.9 Å². The highest BCUT2D eigenvalue weighted by Crippen LogP contribution is 2.35. The lowest BCUT2D eigenvalue weighted by molar-refractivity contribution is -0.116. The lowest BCUT2D eigenvalue weighted by Gasteiger charge is -2.22. The fourth-order valence-electron chi connectivity index (χ4n) is 2.80. The third kappa shape index (κ3) is 4.47. The molecule has 3 aromatic carbocycles. The van der Waals surface area contributed by atoms with E-state index in [0.717, 1.165) is 11.0 Å². The summed E-state index contributed by atoms with van der Waals surface area (Å²) >= 11 is 0. The normalized spacial score (nSPS) is 10.5. The summed E-state index contributed by atoms with van der Waals surface area (Å²) in [6.45, 7) is 3.69. The molecule has 0 aliphatic rings. The Balaban J connectivity index is 2.02. The number of allylic oxidation sites excluding steroid dienone is 1. The van der Waals surface area contributed by atoms with Crippen LogP contribution < -0.4 is 21.2 Å². The van der Waals surface area contributed by atoms with Crippen LogP contribution in [0.2, 0.25) is 0 Å². The average molecular weight is 359 g/mol. The molecule has 0 saturated carbocycles. The molecule has 0 spiro atoms. The fourth-order valence-corrected chi connectivity index (χ4v) is 5.20. The number of carbonyl (C=O) groups is 1. The van der Waals surface area contributed by atoms with Crippen LogP contribution in [0.5, 0.6) is 0 Å². The standard InChI is InChI=1S/C23H22NOP/c1-2-3-18-23(25)24-21-16-10-11-17-22(21)26(19-12-6-4-7-13-19)20-14-8-5-9-15-20/h2,4-17H,1,3,18H2,(H,24,25). The summed E-state index contributed by atoms with van der Waals surface area (Å²) in [5.74, 6) is 0.0217. The summed E-state index contributed by atoms with van der Waals surface area (Å²) in [4.78, 5) is 12.3. The molecule has 3 heteroatoms. The van der Waals surface area contributed by atoms with Crippen molar-refractivity contribution < 1.29 is 4.79 Å². The monoisotopic (exact) mass is 359 g/mol. The van der Waals surface area contributed by atoms with Crippen molar-refractivity contribution in [3.63, 3.8) is 0 Å². The zero-order valence-corrected chi connectivity index (χ0v) is 15.5. The molecular formula is C23H22NOP. The molecule has 0 aliphatic heterocycles. The van der Waals surface area contributed by atoms with Gasteiger partial charge in [-0.3, -0.25) is 4.79 Å². The van der Waals surface area contributed by atoms with Crippen molar-refractivity contribution in [1.82, 2.24) is 0 Å². The fraction of sp³-hybridized carbons (Fsp3) is 0.0870. The van der Waals surface area contributed by atoms with Crippen LogP contribution in [0.3, 0.4) is 0 Å². The topological polar surface area (TPSA) is 29.1 Å². The van der Waals surface area contributed by atoms with E-state index in [1.807, 2.05) is 30.3 Å². The molecule has 0 bridgehead atoms. The Morgan fingerprint density at radius 1 is 0.846 bits per heavy atom. The van der Waals surface area contributed by atoms with Crippen molar-refractivity contribution in [3.8, 4) is 0 Å². The largest absolute Gasteiger partial charge is 0.325 e. The second-order valence-corrected chi connectivity index (χ2v) is 8.08. The summed E-state index contributed by atoms with van der Waals surface area (Å²) in [6, 6.07) is 29.1. The molecule has 2 nitrogen and oxygen atoms in total. The Morgan fingerprint density at radius 3 is 1.96 bits per heavy atom. The first kappa shape index (κ1) is 18.1. The first-order valence-electron chi connectivity index (χ1n) is 8.69. The van der Waals surface area contributed by atoms with Crippen molar-refractivity contribution in [2.45, 2.75) is 12.8 Å². The predicted molar refractivity (Wildman–Crippen MR) is 113 cm³/mol. The first-order valence-corrected chi connectivity index (χ1v) is 10.0. The molecule has 0 unspecified atom stereocenters. The molecule has 3 aromatic rings. The van der Waals surface area contributed by atoms with Gasteiger partial charge in [0.25, 0.3) is 0 Å². The lowest BCUT2D eigenvalue weighted by Crippen LogP contribution is -2.24. The zero-order chi connectivity index (χ0) is 18.2. The molecule has 26 heavy (non-hydrogen) atoms. The molecule has 0 aliphatic carbocycles. The Morgan fingerprint density at radius 2 is 1.38 bits per heavy atom. The van der Waals surface area contributed by atoms with Gasteiger partial charge in [0.1, 0.15) is 0 Å². The number of anilines is 1. The van der Waals surface area contributed by atoms with Crippen molar-refractivity contribution in [3.05, 3.63) is 97.6 Å². The minimum absolute atomic E-state index is 0.0217. The molecule has 1 amide bonds. The third-order valence-corrected chi connectivity index (χ3v) is 6.52. The summed E-state index contributed by atoms with van der Waals surface area (Å²) in [5.41, 5.74) is 0.889. The number of amides is 1. The molecular weight excluding hydrogens is 337 g/mol. The second-order valence-electron chi connectivity index (χ2n) is 5.90. The predicted octanol–water partition coefficient (Wildman–Crippen LogP) is 4.35. The molecule has 0 aromatic heterocycles. The number of nitrogens with one attached hydrogen (secondary N) is 1. The molecule has 0 radical (unpaired) electrons. The summed E-state index contributed by atoms with van der Waals surface area (Å²) < 4.78 is 0. The average Bonchev–Trinajstić information content (AvgIpc) is 2.69. The number of carbonyl (C=O) groups excluding carboxylic acids is 1. The van der Waals surface area contributed by atoms with Gasteiger partial charge in [0.2, 0.25) is 5.91 Å². The highest BCUT2D eigenvalue weighted by molar-refractivity contribution is 7.80. The SMILES string of the molecule is C=CCCC(=O)Nc1ccccc1P(c1ccccc1)c1ccccc1. The maximum Gasteiger partial charge on any atom is 0.224 e. The van der Waals surface area contributed by atoms with Crippen LogP contribution in [-0.4, -0.2) is 5.91 Å². The highest BCUT2D eigenvalue weighted by atomic mass is 31.1. The van der Waals surface area contributed by atoms with Gasteiger partial charge in [0, 0.05) is 17.4 Å². The van der Waals surface area contributed by atoms with E-state index in [2.05, 4.69) is 66.5 Å². The van der Waals surface area contributed by atoms with E-state index in [4.69, 9.17) is 0 Å². The van der Waals surface area contributed by atoms with E-state index in [0.29, 0.717) is 12.8 Å². The molecule has 0 saturated heterocycles. The number of rotatable bonds is 7. The van der Waals surface area contributed by atoms with Crippen molar-refractivity contribution in [2.75, 3.05) is 5.32 Å². The minimum Gasteiger partial charge on any atom is -0.325 e. The molecule has 1 N–H and O–H groups in total. The van der Waals surface area contributed by atoms with Crippen LogP contribution in [0.15, 0.2) is 97.6 Å². The Labute approximate surface area is 156 Å². The van der Waals surface area contributed by atoms with Gasteiger partial charge in [-0.05, 0) is 31.0 Å². The van der Waals surface area contributed by atoms with Gasteiger partial charge in [0.15, 0.2) is 0 Å². The van der Waals surface area contributed by atoms with E-state index in [-0.39, 0.29) is 5.91 Å². The molecule has 0 fully saturated rings. The smallest absolute Gasteiger partial charge is 0.224 e. The molecule has 0 atom stereocenters. The third-order valence-electron chi connectivity index (χ3n) is 4.02. The lowest BCUT2D eigenvalue weighted by atomic mass is 10.2. The Hall–Kier alpha value is -2.70. The second kappa shape index (κ2) is 9.12. The number of hydrogen-bond donors (Lipinski definition) is 1. The van der Waals surface area contributed by atoms with E-state index < -0.39 is 7.92 Å². The van der Waals surface area contributed by atoms with E-state index in [1.54, 1.807) is 6.08 Å². The maximum absolute atomic E-state index is 12.3. The van der Waals surface area contributed by atoms with E-state index in [1.165, 1.54) is 10.6 Å². The summed E-state index contributed by atoms with van der Waals surface area (Å²) in [6.07, 6.45) is 2.90. The van der Waals surface area contributed by atoms with Crippen LogP contribution in [0.1, 0.15) is 12.8 Å². The first-order chi connectivity index (χ1) is 12.8. The van der Waals surface area contributed by atoms with Crippen LogP contribution in [0, 0.1) is 0 Å². The van der Waals surface area contributed by atoms with Crippen molar-refractivity contribution in [1.29, 1.82) is 0 Å². The van der Waals surface area contributed by atoms with Gasteiger partial charge in [-0.25, -0.2) is 0 Å². The van der Waals surface area contributed by atoms with E-state index in [9.17, 15) is 4.79 Å². The van der Waals surface area contributed by atoms with E-state index >= 15 is 0 Å². The summed E-state index contributed by atoms with van der Waals surface area (Å²) in [5, 5.41) is 6.78. The Bertz CT molecular complexity index is 822. The number of para-hydroxylation sites is 1. The number of hydrogen-bond acceptors (Lipinski definition) is 1. The van der Waals surface area contributed by atoms with Gasteiger partial charge < -0.3 is 5.32 Å². The molecule has 130 valence electrons. The van der Waals surface area contributed by atoms with Crippen LogP contribution in [0.4, 0.5) is 5.69 Å². The van der Waals surface area contributed by atoms with Gasteiger partial charge in [-0.2, -0.15) is 0 Å². The molecule has 3 rings (SSSR count). The van der Waals surface area contributed by atoms with Gasteiger partial charge in [0.05, 0.1) is 0 Å².